The minimum atomic E-state index is -0.246. The Morgan fingerprint density at radius 3 is 2.54 bits per heavy atom. The number of methoxy groups -OCH3 is 1. The van der Waals surface area contributed by atoms with Gasteiger partial charge in [0.25, 0.3) is 5.56 Å². The second-order valence-electron chi connectivity index (χ2n) is 8.49. The van der Waals surface area contributed by atoms with Crippen LogP contribution in [0.3, 0.4) is 0 Å². The number of hydrogen-bond acceptors (Lipinski definition) is 5. The lowest BCUT2D eigenvalue weighted by molar-refractivity contribution is 0.282. The summed E-state index contributed by atoms with van der Waals surface area (Å²) in [6.45, 7) is 2.45. The van der Waals surface area contributed by atoms with E-state index < -0.39 is 0 Å². The lowest BCUT2D eigenvalue weighted by atomic mass is 10.1. The summed E-state index contributed by atoms with van der Waals surface area (Å²) in [6, 6.07) is 28.7. The SMILES string of the molecule is COc1cc(C=Nn2c(-c3ccccc3)nc3ccccc3c2=O)cc(Br)c1OCc1cccc(C)c1. The molecule has 0 atom stereocenters. The van der Waals surface area contributed by atoms with Crippen LogP contribution in [0.25, 0.3) is 22.3 Å². The summed E-state index contributed by atoms with van der Waals surface area (Å²) < 4.78 is 13.7. The van der Waals surface area contributed by atoms with E-state index in [9.17, 15) is 4.79 Å². The molecule has 7 heteroatoms. The summed E-state index contributed by atoms with van der Waals surface area (Å²) in [7, 11) is 1.59. The highest BCUT2D eigenvalue weighted by Gasteiger charge is 2.14. The van der Waals surface area contributed by atoms with Crippen molar-refractivity contribution in [2.45, 2.75) is 13.5 Å². The molecule has 0 aliphatic carbocycles. The molecule has 37 heavy (non-hydrogen) atoms. The van der Waals surface area contributed by atoms with E-state index >= 15 is 0 Å². The predicted octanol–water partition coefficient (Wildman–Crippen LogP) is 6.60. The molecule has 0 radical (unpaired) electrons. The Hall–Kier alpha value is -4.23. The maximum absolute atomic E-state index is 13.4. The first-order chi connectivity index (χ1) is 18.0. The van der Waals surface area contributed by atoms with Crippen LogP contribution in [0.5, 0.6) is 11.5 Å². The molecule has 1 aromatic heterocycles. The number of halogens is 1. The molecule has 184 valence electrons. The Balaban J connectivity index is 1.52. The lowest BCUT2D eigenvalue weighted by Crippen LogP contribution is -2.20. The molecule has 1 heterocycles. The zero-order chi connectivity index (χ0) is 25.8. The Kier molecular flexibility index (Phi) is 7.14. The molecule has 6 nitrogen and oxygen atoms in total. The molecule has 5 rings (SSSR count). The normalized spacial score (nSPS) is 11.2. The van der Waals surface area contributed by atoms with Gasteiger partial charge in [-0.3, -0.25) is 4.79 Å². The highest BCUT2D eigenvalue weighted by atomic mass is 79.9. The number of ether oxygens (including phenoxy) is 2. The van der Waals surface area contributed by atoms with Crippen molar-refractivity contribution in [1.82, 2.24) is 9.66 Å². The number of para-hydroxylation sites is 1. The third-order valence-corrected chi connectivity index (χ3v) is 6.41. The van der Waals surface area contributed by atoms with Gasteiger partial charge in [-0.15, -0.1) is 0 Å². The molecule has 0 saturated heterocycles. The van der Waals surface area contributed by atoms with Gasteiger partial charge in [0.15, 0.2) is 17.3 Å². The summed E-state index contributed by atoms with van der Waals surface area (Å²) in [5.41, 5.74) is 4.14. The first-order valence-corrected chi connectivity index (χ1v) is 12.5. The summed E-state index contributed by atoms with van der Waals surface area (Å²) in [4.78, 5) is 18.1. The molecule has 0 aliphatic heterocycles. The fraction of sp³-hybridized carbons (Fsp3) is 0.100. The molecule has 5 aromatic rings. The predicted molar refractivity (Wildman–Crippen MR) is 151 cm³/mol. The summed E-state index contributed by atoms with van der Waals surface area (Å²) >= 11 is 3.60. The average Bonchev–Trinajstić information content (AvgIpc) is 2.92. The van der Waals surface area contributed by atoms with Gasteiger partial charge in [-0.25, -0.2) is 4.98 Å². The van der Waals surface area contributed by atoms with Gasteiger partial charge in [0.1, 0.15) is 6.61 Å². The Morgan fingerprint density at radius 1 is 0.973 bits per heavy atom. The van der Waals surface area contributed by atoms with Crippen LogP contribution < -0.4 is 15.0 Å². The van der Waals surface area contributed by atoms with Gasteiger partial charge in [0, 0.05) is 5.56 Å². The van der Waals surface area contributed by atoms with Crippen LogP contribution in [0.4, 0.5) is 0 Å². The third-order valence-electron chi connectivity index (χ3n) is 5.83. The minimum Gasteiger partial charge on any atom is -0.493 e. The van der Waals surface area contributed by atoms with Crippen LogP contribution in [0, 0.1) is 6.92 Å². The number of rotatable bonds is 7. The molecule has 0 saturated carbocycles. The van der Waals surface area contributed by atoms with Crippen molar-refractivity contribution in [3.05, 3.63) is 123 Å². The first-order valence-electron chi connectivity index (χ1n) is 11.7. The van der Waals surface area contributed by atoms with E-state index in [0.29, 0.717) is 39.3 Å². The van der Waals surface area contributed by atoms with Gasteiger partial charge >= 0.3 is 0 Å². The zero-order valence-corrected chi connectivity index (χ0v) is 22.0. The van der Waals surface area contributed by atoms with Crippen LogP contribution in [-0.4, -0.2) is 23.0 Å². The van der Waals surface area contributed by atoms with Gasteiger partial charge in [-0.1, -0.05) is 72.3 Å². The largest absolute Gasteiger partial charge is 0.493 e. The van der Waals surface area contributed by atoms with Crippen molar-refractivity contribution in [3.8, 4) is 22.9 Å². The van der Waals surface area contributed by atoms with Crippen molar-refractivity contribution >= 4 is 33.0 Å². The van der Waals surface area contributed by atoms with Crippen molar-refractivity contribution in [1.29, 1.82) is 0 Å². The highest BCUT2D eigenvalue weighted by molar-refractivity contribution is 9.10. The number of fused-ring (bicyclic) bond motifs is 1. The van der Waals surface area contributed by atoms with Crippen molar-refractivity contribution in [3.63, 3.8) is 0 Å². The Bertz CT molecular complexity index is 1660. The molecule has 0 unspecified atom stereocenters. The molecular formula is C30H24BrN3O3. The van der Waals surface area contributed by atoms with Gasteiger partial charge in [0.2, 0.25) is 0 Å². The van der Waals surface area contributed by atoms with Crippen LogP contribution in [0.15, 0.2) is 105 Å². The molecule has 0 spiro atoms. The van der Waals surface area contributed by atoms with Crippen molar-refractivity contribution < 1.29 is 9.47 Å². The van der Waals surface area contributed by atoms with E-state index in [4.69, 9.17) is 14.5 Å². The summed E-state index contributed by atoms with van der Waals surface area (Å²) in [5.74, 6) is 1.61. The minimum absolute atomic E-state index is 0.246. The number of aryl methyl sites for hydroxylation is 1. The Morgan fingerprint density at radius 2 is 1.76 bits per heavy atom. The van der Waals surface area contributed by atoms with E-state index in [1.165, 1.54) is 10.2 Å². The van der Waals surface area contributed by atoms with Gasteiger partial charge in [-0.2, -0.15) is 9.78 Å². The van der Waals surface area contributed by atoms with E-state index in [1.54, 1.807) is 19.4 Å². The monoisotopic (exact) mass is 553 g/mol. The van der Waals surface area contributed by atoms with Gasteiger partial charge in [-0.05, 0) is 58.2 Å². The first kappa shape index (κ1) is 24.5. The number of benzene rings is 4. The van der Waals surface area contributed by atoms with Crippen LogP contribution in [0.2, 0.25) is 0 Å². The van der Waals surface area contributed by atoms with E-state index in [2.05, 4.69) is 27.1 Å². The van der Waals surface area contributed by atoms with Crippen LogP contribution >= 0.6 is 15.9 Å². The van der Waals surface area contributed by atoms with Crippen molar-refractivity contribution in [2.24, 2.45) is 5.10 Å². The molecular weight excluding hydrogens is 530 g/mol. The maximum Gasteiger partial charge on any atom is 0.282 e. The molecule has 0 N–H and O–H groups in total. The fourth-order valence-corrected chi connectivity index (χ4v) is 4.62. The standard InChI is InChI=1S/C30H24BrN3O3/c1-20-9-8-10-21(15-20)19-37-28-25(31)16-22(17-27(28)36-2)18-32-34-29(23-11-4-3-5-12-23)33-26-14-7-6-13-24(26)30(34)35/h3-18H,19H2,1-2H3. The third kappa shape index (κ3) is 5.32. The zero-order valence-electron chi connectivity index (χ0n) is 20.4. The maximum atomic E-state index is 13.4. The number of aromatic nitrogens is 2. The van der Waals surface area contributed by atoms with Gasteiger partial charge in [0.05, 0.1) is 28.7 Å². The molecule has 4 aromatic carbocycles. The summed E-state index contributed by atoms with van der Waals surface area (Å²) in [5, 5.41) is 5.05. The highest BCUT2D eigenvalue weighted by Crippen LogP contribution is 2.37. The van der Waals surface area contributed by atoms with E-state index in [0.717, 1.165) is 16.7 Å². The smallest absolute Gasteiger partial charge is 0.282 e. The quantitative estimate of drug-likeness (QED) is 0.213. The lowest BCUT2D eigenvalue weighted by Gasteiger charge is -2.14. The number of hydrogen-bond donors (Lipinski definition) is 0. The average molecular weight is 554 g/mol. The number of nitrogens with zero attached hydrogens (tertiary/aromatic N) is 3. The van der Waals surface area contributed by atoms with Crippen molar-refractivity contribution in [2.75, 3.05) is 7.11 Å². The second kappa shape index (κ2) is 10.8. The van der Waals surface area contributed by atoms with E-state index in [1.807, 2.05) is 85.8 Å². The topological polar surface area (TPSA) is 65.7 Å². The van der Waals surface area contributed by atoms with Crippen LogP contribution in [-0.2, 0) is 6.61 Å². The van der Waals surface area contributed by atoms with Gasteiger partial charge < -0.3 is 9.47 Å². The molecule has 0 amide bonds. The molecule has 0 fully saturated rings. The second-order valence-corrected chi connectivity index (χ2v) is 9.35. The fourth-order valence-electron chi connectivity index (χ4n) is 4.04. The van der Waals surface area contributed by atoms with Crippen LogP contribution in [0.1, 0.15) is 16.7 Å². The Labute approximate surface area is 223 Å². The molecule has 0 aliphatic rings. The molecule has 0 bridgehead atoms. The van der Waals surface area contributed by atoms with E-state index in [-0.39, 0.29) is 5.56 Å². The summed E-state index contributed by atoms with van der Waals surface area (Å²) in [6.07, 6.45) is 1.61.